The lowest BCUT2D eigenvalue weighted by Gasteiger charge is -2.07. The van der Waals surface area contributed by atoms with Crippen LogP contribution in [0.2, 0.25) is 0 Å². The van der Waals surface area contributed by atoms with E-state index >= 15 is 0 Å². The molecule has 1 aliphatic rings. The number of ether oxygens (including phenoxy) is 1. The summed E-state index contributed by atoms with van der Waals surface area (Å²) in [7, 11) is 1.68. The van der Waals surface area contributed by atoms with Crippen LogP contribution < -0.4 is 4.74 Å². The highest BCUT2D eigenvalue weighted by Gasteiger charge is 2.18. The molecule has 0 radical (unpaired) electrons. The molecule has 0 amide bonds. The molecule has 1 N–H and O–H groups in total. The molecule has 0 atom stereocenters. The first-order chi connectivity index (χ1) is 7.26. The molecule has 0 spiro atoms. The molecule has 0 heterocycles. The molecule has 80 valence electrons. The monoisotopic (exact) mass is 204 g/mol. The van der Waals surface area contributed by atoms with E-state index < -0.39 is 0 Å². The third-order valence-corrected chi connectivity index (χ3v) is 2.97. The molecule has 15 heavy (non-hydrogen) atoms. The van der Waals surface area contributed by atoms with Crippen LogP contribution in [0.25, 0.3) is 5.57 Å². The lowest BCUT2D eigenvalue weighted by Crippen LogP contribution is -1.90. The molecule has 0 saturated heterocycles. The number of benzene rings is 1. The van der Waals surface area contributed by atoms with E-state index in [-0.39, 0.29) is 6.61 Å². The van der Waals surface area contributed by atoms with E-state index in [1.54, 1.807) is 7.11 Å². The van der Waals surface area contributed by atoms with Crippen LogP contribution in [0.4, 0.5) is 0 Å². The second-order valence-electron chi connectivity index (χ2n) is 3.93. The van der Waals surface area contributed by atoms with Crippen molar-refractivity contribution in [1.82, 2.24) is 0 Å². The van der Waals surface area contributed by atoms with Gasteiger partial charge in [0.15, 0.2) is 0 Å². The van der Waals surface area contributed by atoms with E-state index in [1.807, 2.05) is 6.07 Å². The summed E-state index contributed by atoms with van der Waals surface area (Å²) in [6, 6.07) is 6.17. The Labute approximate surface area is 90.2 Å². The number of hydrogen-bond donors (Lipinski definition) is 1. The van der Waals surface area contributed by atoms with Crippen molar-refractivity contribution >= 4 is 5.57 Å². The van der Waals surface area contributed by atoms with E-state index in [1.165, 1.54) is 22.3 Å². The maximum absolute atomic E-state index is 9.03. The zero-order valence-corrected chi connectivity index (χ0v) is 9.21. The first-order valence-corrected chi connectivity index (χ1v) is 5.23. The van der Waals surface area contributed by atoms with E-state index in [0.717, 1.165) is 18.6 Å². The van der Waals surface area contributed by atoms with Crippen LogP contribution in [0.5, 0.6) is 5.75 Å². The largest absolute Gasteiger partial charge is 0.497 e. The third kappa shape index (κ3) is 1.77. The Bertz CT molecular complexity index is 405. The third-order valence-electron chi connectivity index (χ3n) is 2.97. The van der Waals surface area contributed by atoms with Gasteiger partial charge in [0.2, 0.25) is 0 Å². The van der Waals surface area contributed by atoms with Crippen molar-refractivity contribution in [3.05, 3.63) is 34.9 Å². The second kappa shape index (κ2) is 4.07. The lowest BCUT2D eigenvalue weighted by molar-refractivity contribution is 0.305. The van der Waals surface area contributed by atoms with Crippen molar-refractivity contribution in [2.45, 2.75) is 19.8 Å². The Balaban J connectivity index is 2.41. The fourth-order valence-electron chi connectivity index (χ4n) is 2.20. The Morgan fingerprint density at radius 1 is 1.40 bits per heavy atom. The van der Waals surface area contributed by atoms with Crippen LogP contribution in [0.3, 0.4) is 0 Å². The van der Waals surface area contributed by atoms with Gasteiger partial charge in [0, 0.05) is 6.61 Å². The predicted molar refractivity (Wildman–Crippen MR) is 61.0 cm³/mol. The van der Waals surface area contributed by atoms with Gasteiger partial charge in [0.25, 0.3) is 0 Å². The van der Waals surface area contributed by atoms with Crippen molar-refractivity contribution in [2.75, 3.05) is 13.7 Å². The molecular weight excluding hydrogens is 188 g/mol. The fourth-order valence-corrected chi connectivity index (χ4v) is 2.20. The number of hydrogen-bond acceptors (Lipinski definition) is 2. The first kappa shape index (κ1) is 10.2. The smallest absolute Gasteiger partial charge is 0.119 e. The lowest BCUT2D eigenvalue weighted by atomic mass is 10.0. The van der Waals surface area contributed by atoms with Gasteiger partial charge in [-0.05, 0) is 48.6 Å². The number of fused-ring (bicyclic) bond motifs is 1. The van der Waals surface area contributed by atoms with Crippen LogP contribution in [-0.2, 0) is 6.42 Å². The highest BCUT2D eigenvalue weighted by Crippen LogP contribution is 2.36. The quantitative estimate of drug-likeness (QED) is 0.819. The molecule has 2 nitrogen and oxygen atoms in total. The summed E-state index contributed by atoms with van der Waals surface area (Å²) in [5, 5.41) is 9.03. The number of aliphatic hydroxyl groups is 1. The normalized spacial score (nSPS) is 14.3. The number of allylic oxidation sites excluding steroid dienone is 1. The Hall–Kier alpha value is -1.28. The average Bonchev–Trinajstić information content (AvgIpc) is 2.55. The average molecular weight is 204 g/mol. The molecule has 0 saturated carbocycles. The number of methoxy groups -OCH3 is 1. The van der Waals surface area contributed by atoms with Gasteiger partial charge in [-0.3, -0.25) is 0 Å². The standard InChI is InChI=1S/C13H16O2/c1-9-7-10-3-4-11(15-2)8-13(10)12(9)5-6-14/h3-4,8,14H,5-7H2,1-2H3. The Morgan fingerprint density at radius 3 is 2.87 bits per heavy atom. The highest BCUT2D eigenvalue weighted by molar-refractivity contribution is 5.77. The minimum Gasteiger partial charge on any atom is -0.497 e. The summed E-state index contributed by atoms with van der Waals surface area (Å²) in [4.78, 5) is 0. The minimum absolute atomic E-state index is 0.212. The van der Waals surface area contributed by atoms with Crippen molar-refractivity contribution in [3.8, 4) is 5.75 Å². The Morgan fingerprint density at radius 2 is 2.20 bits per heavy atom. The highest BCUT2D eigenvalue weighted by atomic mass is 16.5. The summed E-state index contributed by atoms with van der Waals surface area (Å²) in [5.74, 6) is 0.888. The molecule has 2 rings (SSSR count). The molecule has 0 aliphatic heterocycles. The molecule has 1 aromatic rings. The summed E-state index contributed by atoms with van der Waals surface area (Å²) in [6.45, 7) is 2.35. The molecule has 0 aromatic heterocycles. The molecule has 2 heteroatoms. The van der Waals surface area contributed by atoms with Gasteiger partial charge in [0.1, 0.15) is 5.75 Å². The summed E-state index contributed by atoms with van der Waals surface area (Å²) in [6.07, 6.45) is 1.75. The number of aliphatic hydroxyl groups excluding tert-OH is 1. The minimum atomic E-state index is 0.212. The van der Waals surface area contributed by atoms with Crippen molar-refractivity contribution in [3.63, 3.8) is 0 Å². The molecular formula is C13H16O2. The maximum atomic E-state index is 9.03. The maximum Gasteiger partial charge on any atom is 0.119 e. The summed E-state index contributed by atoms with van der Waals surface area (Å²) < 4.78 is 5.22. The van der Waals surface area contributed by atoms with E-state index in [4.69, 9.17) is 9.84 Å². The summed E-state index contributed by atoms with van der Waals surface area (Å²) >= 11 is 0. The molecule has 0 unspecified atom stereocenters. The van der Waals surface area contributed by atoms with Gasteiger partial charge in [-0.1, -0.05) is 11.6 Å². The van der Waals surface area contributed by atoms with Crippen molar-refractivity contribution in [2.24, 2.45) is 0 Å². The van der Waals surface area contributed by atoms with Gasteiger partial charge < -0.3 is 9.84 Å². The zero-order chi connectivity index (χ0) is 10.8. The van der Waals surface area contributed by atoms with E-state index in [9.17, 15) is 0 Å². The molecule has 0 bridgehead atoms. The van der Waals surface area contributed by atoms with Gasteiger partial charge in [0.05, 0.1) is 7.11 Å². The van der Waals surface area contributed by atoms with Crippen LogP contribution in [0, 0.1) is 0 Å². The van der Waals surface area contributed by atoms with Crippen molar-refractivity contribution < 1.29 is 9.84 Å². The van der Waals surface area contributed by atoms with Gasteiger partial charge in [-0.2, -0.15) is 0 Å². The van der Waals surface area contributed by atoms with E-state index in [2.05, 4.69) is 19.1 Å². The topological polar surface area (TPSA) is 29.5 Å². The van der Waals surface area contributed by atoms with Crippen LogP contribution in [-0.4, -0.2) is 18.8 Å². The fraction of sp³-hybridized carbons (Fsp3) is 0.385. The molecule has 1 aliphatic carbocycles. The number of rotatable bonds is 3. The first-order valence-electron chi connectivity index (χ1n) is 5.23. The summed E-state index contributed by atoms with van der Waals surface area (Å²) in [5.41, 5.74) is 5.25. The van der Waals surface area contributed by atoms with Crippen LogP contribution in [0.15, 0.2) is 23.8 Å². The van der Waals surface area contributed by atoms with Crippen LogP contribution >= 0.6 is 0 Å². The van der Waals surface area contributed by atoms with Gasteiger partial charge >= 0.3 is 0 Å². The molecule has 1 aromatic carbocycles. The Kier molecular flexibility index (Phi) is 2.78. The molecule has 0 fully saturated rings. The van der Waals surface area contributed by atoms with Crippen molar-refractivity contribution in [1.29, 1.82) is 0 Å². The van der Waals surface area contributed by atoms with E-state index in [0.29, 0.717) is 0 Å². The zero-order valence-electron chi connectivity index (χ0n) is 9.21. The van der Waals surface area contributed by atoms with Crippen LogP contribution in [0.1, 0.15) is 24.5 Å². The second-order valence-corrected chi connectivity index (χ2v) is 3.93. The SMILES string of the molecule is COc1ccc2c(c1)C(CCO)=C(C)C2. The predicted octanol–water partition coefficient (Wildman–Crippen LogP) is 2.41. The van der Waals surface area contributed by atoms with Gasteiger partial charge in [-0.15, -0.1) is 0 Å². The van der Waals surface area contributed by atoms with Gasteiger partial charge in [-0.25, -0.2) is 0 Å².